The molecule has 6 N–H and O–H groups in total. The molecule has 0 aliphatic heterocycles. The maximum atomic E-state index is 13.7. The third-order valence-electron chi connectivity index (χ3n) is 22.8. The van der Waals surface area contributed by atoms with Crippen LogP contribution in [0, 0.1) is 12.7 Å². The first kappa shape index (κ1) is 111. The molecule has 6 unspecified atom stereocenters. The second kappa shape index (κ2) is 54.0. The van der Waals surface area contributed by atoms with Crippen molar-refractivity contribution >= 4 is 244 Å². The molecule has 0 saturated carbocycles. The van der Waals surface area contributed by atoms with Gasteiger partial charge in [-0.05, 0) is 171 Å². The summed E-state index contributed by atoms with van der Waals surface area (Å²) in [4.78, 5) is 0. The number of thiol groups is 6. The predicted molar refractivity (Wildman–Crippen MR) is 640 cm³/mol. The Kier molecular flexibility index (Phi) is 43.9. The first-order chi connectivity index (χ1) is 65.4. The second-order valence-electron chi connectivity index (χ2n) is 37.5. The van der Waals surface area contributed by atoms with Gasteiger partial charge in [0.1, 0.15) is 34.6 Å². The van der Waals surface area contributed by atoms with Crippen LogP contribution in [0.4, 0.5) is 4.39 Å². The van der Waals surface area contributed by atoms with E-state index in [0.717, 1.165) is 94.7 Å². The van der Waals surface area contributed by atoms with Crippen molar-refractivity contribution in [1.82, 2.24) is 0 Å². The van der Waals surface area contributed by atoms with Gasteiger partial charge in [-0.1, -0.05) is 425 Å². The van der Waals surface area contributed by atoms with Gasteiger partial charge in [-0.25, -0.2) is 4.39 Å². The summed E-state index contributed by atoms with van der Waals surface area (Å²) >= 11 is 26.4. The number of rotatable bonds is 29. The van der Waals surface area contributed by atoms with Crippen LogP contribution in [0.1, 0.15) is 72.3 Å². The quantitative estimate of drug-likeness (QED) is 0.0128. The van der Waals surface area contributed by atoms with Crippen molar-refractivity contribution in [1.29, 1.82) is 0 Å². The van der Waals surface area contributed by atoms with Crippen molar-refractivity contribution in [2.45, 2.75) is 139 Å². The number of para-hydroxylation sites is 2. The molecule has 0 fully saturated rings. The van der Waals surface area contributed by atoms with E-state index < -0.39 is 32.3 Å². The highest BCUT2D eigenvalue weighted by Crippen LogP contribution is 2.34. The molecule has 0 saturated heterocycles. The fourth-order valence-corrected chi connectivity index (χ4v) is 31.0. The Hall–Kier alpha value is -7.62. The third-order valence-corrected chi connectivity index (χ3v) is 41.4. The Balaban J connectivity index is 0.000000171. The van der Waals surface area contributed by atoms with Crippen LogP contribution in [0.5, 0.6) is 40.2 Å². The van der Waals surface area contributed by atoms with Gasteiger partial charge in [0.2, 0.25) is 0 Å². The molecule has 0 aliphatic rings. The summed E-state index contributed by atoms with van der Waals surface area (Å²) in [6.45, 7) is 29.9. The largest absolute Gasteiger partial charge is 0.507 e. The third kappa shape index (κ3) is 33.8. The van der Waals surface area contributed by atoms with Crippen LogP contribution < -0.4 is 89.1 Å². The van der Waals surface area contributed by atoms with E-state index in [1.54, 1.807) is 19.2 Å². The molecule has 0 heterocycles. The lowest BCUT2D eigenvalue weighted by Crippen LogP contribution is -2.47. The highest BCUT2D eigenvalue weighted by Gasteiger charge is 2.29. The van der Waals surface area contributed by atoms with E-state index in [1.807, 2.05) is 103 Å². The van der Waals surface area contributed by atoms with Gasteiger partial charge in [-0.2, -0.15) is 75.8 Å². The number of phenolic OH excluding ortho intramolecular Hbond substituents is 6. The Labute approximate surface area is 862 Å². The molecule has 6 atom stereocenters. The lowest BCUT2D eigenvalue weighted by Gasteiger charge is -2.26. The highest BCUT2D eigenvalue weighted by molar-refractivity contribution is 7.80. The van der Waals surface area contributed by atoms with Gasteiger partial charge < -0.3 is 35.4 Å². The van der Waals surface area contributed by atoms with Crippen molar-refractivity contribution in [2.75, 3.05) is 7.11 Å². The predicted octanol–water partition coefficient (Wildman–Crippen LogP) is 22.1. The lowest BCUT2D eigenvalue weighted by atomic mass is 9.98. The van der Waals surface area contributed by atoms with Crippen molar-refractivity contribution in [3.63, 3.8) is 0 Å². The van der Waals surface area contributed by atoms with E-state index >= 15 is 0 Å². The number of ether oxygens (including phenoxy) is 1. The Morgan fingerprint density at radius 3 is 1.05 bits per heavy atom. The number of phenols is 6. The first-order valence-electron chi connectivity index (χ1n) is 45.6. The van der Waals surface area contributed by atoms with Crippen LogP contribution >= 0.6 is 127 Å². The molecule has 15 rings (SSSR count). The lowest BCUT2D eigenvalue weighted by molar-refractivity contribution is 0.375. The van der Waals surface area contributed by atoms with Crippen LogP contribution in [0.3, 0.4) is 0 Å². The molecule has 0 amide bonds. The maximum Gasteiger partial charge on any atom is 0.165 e. The summed E-state index contributed by atoms with van der Waals surface area (Å²) in [6, 6.07) is 108. The number of aryl methyl sites for hydroxylation is 1. The van der Waals surface area contributed by atoms with Crippen LogP contribution in [0.25, 0.3) is 0 Å². The SMILES string of the molecule is COc1cccc(Pc2ccccc2CS)c1O.C[Si](C)(C)c1cc(Pc2ccccc2CS)c(O)c([Si](C)(C)C)c1.C[Si](C)(C)c1ccc(O)c(Pc2ccccc2CS)c1.C[Si](C)(C)c1cccc(Pc2ccccc2CS)c1O.Cc1ccc(Pc2cc(Cc3ccccc3)ccc2O)c(CS)c1.Oc1c(Cc2ccccc2)cc(Cc2ccccc2)cc1Pc1ccc(F)cc1CS. The molecular formula is C113H131FO7P6S6Si4. The molecular weight excluding hydrogens is 1980 g/mol. The molecule has 15 aromatic carbocycles. The number of aromatic hydroxyl groups is 6. The average Bonchev–Trinajstić information content (AvgIpc) is 0.779. The molecule has 7 nitrogen and oxygen atoms in total. The maximum absolute atomic E-state index is 13.7. The van der Waals surface area contributed by atoms with E-state index in [9.17, 15) is 35.0 Å². The summed E-state index contributed by atoms with van der Waals surface area (Å²) in [5.74, 6) is 6.70. The van der Waals surface area contributed by atoms with E-state index in [0.29, 0.717) is 101 Å². The van der Waals surface area contributed by atoms with E-state index in [1.165, 1.54) is 104 Å². The van der Waals surface area contributed by atoms with Crippen molar-refractivity contribution < 1.29 is 39.8 Å². The normalized spacial score (nSPS) is 11.8. The number of hydrogen-bond acceptors (Lipinski definition) is 13. The zero-order valence-corrected chi connectivity index (χ0v) is 96.0. The number of hydrogen-bond donors (Lipinski definition) is 12. The van der Waals surface area contributed by atoms with Gasteiger partial charge in [0, 0.05) is 72.8 Å². The molecule has 24 heteroatoms. The molecule has 15 aromatic rings. The fraction of sp³-hybridized carbons (Fsp3) is 0.204. The first-order valence-corrected chi connectivity index (χ1v) is 69.4. The molecule has 0 bridgehead atoms. The smallest absolute Gasteiger partial charge is 0.165 e. The Morgan fingerprint density at radius 2 is 0.599 bits per heavy atom. The molecule has 137 heavy (non-hydrogen) atoms. The summed E-state index contributed by atoms with van der Waals surface area (Å²) in [5, 5.41) is 81.6. The minimum absolute atomic E-state index is 0.226. The van der Waals surface area contributed by atoms with Crippen LogP contribution in [0.15, 0.2) is 322 Å². The minimum atomic E-state index is -1.60. The van der Waals surface area contributed by atoms with Gasteiger partial charge in [0.05, 0.1) is 39.4 Å². The summed E-state index contributed by atoms with van der Waals surface area (Å²) < 4.78 is 18.8. The average molecular weight is 2110 g/mol. The summed E-state index contributed by atoms with van der Waals surface area (Å²) in [7, 11) is -1.83. The molecule has 0 aromatic heterocycles. The minimum Gasteiger partial charge on any atom is -0.507 e. The standard InChI is InChI=1S/C27H24FOPS.C21H21OPS.C19H29OPSSi2.2C16H21OPSSi.C14H15O2PS/c28-24-11-12-25(23(17-24)18-31)30-26-16-21(13-19-7-3-1-4-8-19)15-22(27(26)29)14-20-9-5-2-6-10-20;1-15-7-10-20(18(11-15)14-24)23-21-13-17(8-9-19(21)22)12-16-5-3-2-4-6-16;1-23(2,3)15-11-17(19(20)18(12-15)24(4,5)6)21-16-10-8-7-9-14(16)13-22;1-20(2,3)15-10-6-9-14(16(15)17)18-13-8-5-4-7-12(13)11-19;1-20(2,3)13-8-9-14(17)16(10-13)18-15-7-5-4-6-12(15)11-19;1-16-11-6-4-8-13(14(11)15)17-12-7-3-2-5-10(12)9-18/h1-12,15-17,29-31H,13-14,18H2;2-11,13,22-24H,12,14H2,1H3;7-12,20-22H,13H2,1-6H3;2*4-10,17-19H,11H2,1-3H3;2-8,15,17-18H,9H2,1H3. The van der Waals surface area contributed by atoms with Crippen LogP contribution in [0.2, 0.25) is 78.6 Å². The number of benzene rings is 15. The zero-order valence-electron chi connectivity index (χ0n) is 80.6. The van der Waals surface area contributed by atoms with Crippen molar-refractivity contribution in [2.24, 2.45) is 0 Å². The van der Waals surface area contributed by atoms with Crippen molar-refractivity contribution in [3.05, 3.63) is 400 Å². The second-order valence-corrected chi connectivity index (χ2v) is 67.6. The monoisotopic (exact) mass is 2110 g/mol. The van der Waals surface area contributed by atoms with E-state index in [4.69, 9.17) is 4.74 Å². The topological polar surface area (TPSA) is 131 Å². The summed E-state index contributed by atoms with van der Waals surface area (Å²) in [6.07, 6.45) is 2.34. The van der Waals surface area contributed by atoms with Crippen LogP contribution in [-0.4, -0.2) is 70.0 Å². The van der Waals surface area contributed by atoms with E-state index in [2.05, 4.69) is 355 Å². The Bertz CT molecular complexity index is 6420. The number of methoxy groups -OCH3 is 1. The fourth-order valence-electron chi connectivity index (χ4n) is 15.0. The molecule has 0 aliphatic carbocycles. The molecule has 0 radical (unpaired) electrons. The van der Waals surface area contributed by atoms with Crippen molar-refractivity contribution in [3.8, 4) is 40.2 Å². The summed E-state index contributed by atoms with van der Waals surface area (Å²) in [5.41, 5.74) is 15.2. The van der Waals surface area contributed by atoms with Gasteiger partial charge in [0.25, 0.3) is 0 Å². The highest BCUT2D eigenvalue weighted by atomic mass is 32.1. The van der Waals surface area contributed by atoms with Gasteiger partial charge in [0.15, 0.2) is 11.5 Å². The van der Waals surface area contributed by atoms with E-state index in [-0.39, 0.29) is 20.1 Å². The van der Waals surface area contributed by atoms with Gasteiger partial charge >= 0.3 is 0 Å². The van der Waals surface area contributed by atoms with Crippen LogP contribution in [-0.2, 0) is 53.8 Å². The number of halogens is 1. The van der Waals surface area contributed by atoms with Gasteiger partial charge in [-0.15, -0.1) is 0 Å². The van der Waals surface area contributed by atoms with Gasteiger partial charge in [-0.3, -0.25) is 0 Å². The molecule has 714 valence electrons. The molecule has 0 spiro atoms. The Morgan fingerprint density at radius 1 is 0.248 bits per heavy atom. The zero-order chi connectivity index (χ0) is 99.2.